The standard InChI is InChI=1S/C12H11F2NO2S/c1-7-11(5-16)18-12(15-7)6-17-8-2-3-9(13)10(14)4-8/h2-4,16H,5-6H2,1H3. The van der Waals surface area contributed by atoms with E-state index in [0.717, 1.165) is 22.7 Å². The number of thiazole rings is 1. The predicted octanol–water partition coefficient (Wildman–Crippen LogP) is 2.80. The first-order valence-corrected chi connectivity index (χ1v) is 6.05. The maximum Gasteiger partial charge on any atom is 0.162 e. The summed E-state index contributed by atoms with van der Waals surface area (Å²) in [6.07, 6.45) is 0. The van der Waals surface area contributed by atoms with Gasteiger partial charge < -0.3 is 9.84 Å². The first-order valence-electron chi connectivity index (χ1n) is 5.24. The SMILES string of the molecule is Cc1nc(COc2ccc(F)c(F)c2)sc1CO. The molecule has 1 aromatic heterocycles. The quantitative estimate of drug-likeness (QED) is 0.929. The van der Waals surface area contributed by atoms with Gasteiger partial charge in [0.2, 0.25) is 0 Å². The van der Waals surface area contributed by atoms with E-state index in [2.05, 4.69) is 4.98 Å². The van der Waals surface area contributed by atoms with Crippen molar-refractivity contribution in [1.82, 2.24) is 4.98 Å². The minimum Gasteiger partial charge on any atom is -0.486 e. The number of hydrogen-bond donors (Lipinski definition) is 1. The first-order chi connectivity index (χ1) is 8.60. The van der Waals surface area contributed by atoms with Gasteiger partial charge in [0, 0.05) is 6.07 Å². The van der Waals surface area contributed by atoms with Gasteiger partial charge in [-0.25, -0.2) is 13.8 Å². The highest BCUT2D eigenvalue weighted by molar-refractivity contribution is 7.11. The lowest BCUT2D eigenvalue weighted by molar-refractivity contribution is 0.284. The Morgan fingerprint density at radius 2 is 2.11 bits per heavy atom. The third kappa shape index (κ3) is 2.83. The largest absolute Gasteiger partial charge is 0.486 e. The topological polar surface area (TPSA) is 42.4 Å². The number of halogens is 2. The molecule has 3 nitrogen and oxygen atoms in total. The number of benzene rings is 1. The van der Waals surface area contributed by atoms with Crippen molar-refractivity contribution in [3.05, 3.63) is 45.4 Å². The van der Waals surface area contributed by atoms with Crippen LogP contribution in [0.1, 0.15) is 15.6 Å². The van der Waals surface area contributed by atoms with Crippen molar-refractivity contribution in [1.29, 1.82) is 0 Å². The van der Waals surface area contributed by atoms with Crippen LogP contribution in [0.15, 0.2) is 18.2 Å². The molecular formula is C12H11F2NO2S. The van der Waals surface area contributed by atoms with E-state index >= 15 is 0 Å². The van der Waals surface area contributed by atoms with Crippen molar-refractivity contribution in [2.24, 2.45) is 0 Å². The van der Waals surface area contributed by atoms with Crippen LogP contribution >= 0.6 is 11.3 Å². The molecule has 1 heterocycles. The Labute approximate surface area is 107 Å². The molecule has 0 amide bonds. The average molecular weight is 271 g/mol. The molecule has 0 saturated heterocycles. The van der Waals surface area contributed by atoms with Crippen LogP contribution in [0, 0.1) is 18.6 Å². The van der Waals surface area contributed by atoms with Crippen LogP contribution in [-0.2, 0) is 13.2 Å². The van der Waals surface area contributed by atoms with Gasteiger partial charge >= 0.3 is 0 Å². The number of rotatable bonds is 4. The summed E-state index contributed by atoms with van der Waals surface area (Å²) >= 11 is 1.33. The molecule has 0 unspecified atom stereocenters. The van der Waals surface area contributed by atoms with E-state index in [0.29, 0.717) is 5.01 Å². The van der Waals surface area contributed by atoms with Crippen LogP contribution in [0.25, 0.3) is 0 Å². The second-order valence-corrected chi connectivity index (χ2v) is 4.81. The number of aryl methyl sites for hydroxylation is 1. The molecule has 0 saturated carbocycles. The van der Waals surface area contributed by atoms with Crippen LogP contribution < -0.4 is 4.74 Å². The fraction of sp³-hybridized carbons (Fsp3) is 0.250. The fourth-order valence-electron chi connectivity index (χ4n) is 1.41. The van der Waals surface area contributed by atoms with Crippen LogP contribution in [0.4, 0.5) is 8.78 Å². The van der Waals surface area contributed by atoms with E-state index in [-0.39, 0.29) is 19.0 Å². The molecule has 96 valence electrons. The number of aromatic nitrogens is 1. The summed E-state index contributed by atoms with van der Waals surface area (Å²) in [6.45, 7) is 1.90. The normalized spacial score (nSPS) is 10.7. The molecule has 0 bridgehead atoms. The van der Waals surface area contributed by atoms with Crippen LogP contribution in [0.5, 0.6) is 5.75 Å². The van der Waals surface area contributed by atoms with Gasteiger partial charge in [-0.15, -0.1) is 11.3 Å². The molecule has 0 spiro atoms. The van der Waals surface area contributed by atoms with Crippen molar-refractivity contribution >= 4 is 11.3 Å². The number of hydrogen-bond acceptors (Lipinski definition) is 4. The van der Waals surface area contributed by atoms with E-state index in [4.69, 9.17) is 9.84 Å². The monoisotopic (exact) mass is 271 g/mol. The van der Waals surface area contributed by atoms with E-state index in [9.17, 15) is 8.78 Å². The van der Waals surface area contributed by atoms with Crippen LogP contribution in [0.2, 0.25) is 0 Å². The molecule has 6 heteroatoms. The smallest absolute Gasteiger partial charge is 0.162 e. The molecule has 0 aliphatic carbocycles. The van der Waals surface area contributed by atoms with Crippen LogP contribution in [-0.4, -0.2) is 10.1 Å². The molecule has 0 atom stereocenters. The Balaban J connectivity index is 2.04. The molecular weight excluding hydrogens is 260 g/mol. The van der Waals surface area contributed by atoms with Gasteiger partial charge in [-0.2, -0.15) is 0 Å². The lowest BCUT2D eigenvalue weighted by atomic mass is 10.3. The third-order valence-electron chi connectivity index (χ3n) is 2.33. The second-order valence-electron chi connectivity index (χ2n) is 3.64. The van der Waals surface area contributed by atoms with Gasteiger partial charge in [0.15, 0.2) is 11.6 Å². The highest BCUT2D eigenvalue weighted by atomic mass is 32.1. The van der Waals surface area contributed by atoms with E-state index in [1.54, 1.807) is 6.92 Å². The van der Waals surface area contributed by atoms with E-state index in [1.807, 2.05) is 0 Å². The van der Waals surface area contributed by atoms with Crippen molar-refractivity contribution < 1.29 is 18.6 Å². The van der Waals surface area contributed by atoms with Gasteiger partial charge in [-0.3, -0.25) is 0 Å². The molecule has 18 heavy (non-hydrogen) atoms. The van der Waals surface area contributed by atoms with E-state index < -0.39 is 11.6 Å². The Morgan fingerprint density at radius 3 is 2.72 bits per heavy atom. The predicted molar refractivity (Wildman–Crippen MR) is 63.5 cm³/mol. The summed E-state index contributed by atoms with van der Waals surface area (Å²) in [5, 5.41) is 9.70. The van der Waals surface area contributed by atoms with Gasteiger partial charge in [0.25, 0.3) is 0 Å². The number of ether oxygens (including phenoxy) is 1. The average Bonchev–Trinajstić information content (AvgIpc) is 2.71. The fourth-order valence-corrected chi connectivity index (χ4v) is 2.25. The zero-order valence-corrected chi connectivity index (χ0v) is 10.4. The van der Waals surface area contributed by atoms with Gasteiger partial charge in [-0.05, 0) is 19.1 Å². The van der Waals surface area contributed by atoms with Gasteiger partial charge in [-0.1, -0.05) is 0 Å². The lowest BCUT2D eigenvalue weighted by Gasteiger charge is -2.03. The Hall–Kier alpha value is -1.53. The van der Waals surface area contributed by atoms with Gasteiger partial charge in [0.05, 0.1) is 17.2 Å². The zero-order chi connectivity index (χ0) is 13.1. The van der Waals surface area contributed by atoms with Crippen molar-refractivity contribution in [2.75, 3.05) is 0 Å². The summed E-state index contributed by atoms with van der Waals surface area (Å²) in [6, 6.07) is 3.35. The maximum absolute atomic E-state index is 12.9. The third-order valence-corrected chi connectivity index (χ3v) is 3.45. The molecule has 2 aromatic rings. The maximum atomic E-state index is 12.9. The summed E-state index contributed by atoms with van der Waals surface area (Å²) in [4.78, 5) is 4.98. The Bertz CT molecular complexity index is 557. The number of nitrogens with zero attached hydrogens (tertiary/aromatic N) is 1. The molecule has 0 fully saturated rings. The summed E-state index contributed by atoms with van der Waals surface area (Å²) in [5.41, 5.74) is 0.756. The highest BCUT2D eigenvalue weighted by Gasteiger charge is 2.08. The molecule has 0 aliphatic rings. The molecule has 2 rings (SSSR count). The van der Waals surface area contributed by atoms with Crippen molar-refractivity contribution in [3.8, 4) is 5.75 Å². The molecule has 0 aliphatic heterocycles. The summed E-state index contributed by atoms with van der Waals surface area (Å²) in [7, 11) is 0. The minimum atomic E-state index is -0.945. The van der Waals surface area contributed by atoms with E-state index in [1.165, 1.54) is 17.4 Å². The first kappa shape index (κ1) is 12.9. The number of aliphatic hydroxyl groups is 1. The van der Waals surface area contributed by atoms with Crippen LogP contribution in [0.3, 0.4) is 0 Å². The summed E-state index contributed by atoms with van der Waals surface area (Å²) in [5.74, 6) is -1.61. The van der Waals surface area contributed by atoms with Gasteiger partial charge in [0.1, 0.15) is 17.4 Å². The lowest BCUT2D eigenvalue weighted by Crippen LogP contribution is -1.96. The minimum absolute atomic E-state index is 0.0608. The zero-order valence-electron chi connectivity index (χ0n) is 9.61. The molecule has 0 radical (unpaired) electrons. The number of aliphatic hydroxyl groups excluding tert-OH is 1. The summed E-state index contributed by atoms with van der Waals surface area (Å²) < 4.78 is 30.9. The highest BCUT2D eigenvalue weighted by Crippen LogP contribution is 2.21. The Kier molecular flexibility index (Phi) is 3.88. The second kappa shape index (κ2) is 5.41. The molecule has 1 aromatic carbocycles. The van der Waals surface area contributed by atoms with Crippen molar-refractivity contribution in [2.45, 2.75) is 20.1 Å². The molecule has 1 N–H and O–H groups in total. The Morgan fingerprint density at radius 1 is 1.33 bits per heavy atom. The van der Waals surface area contributed by atoms with Crippen molar-refractivity contribution in [3.63, 3.8) is 0 Å².